The summed E-state index contributed by atoms with van der Waals surface area (Å²) in [4.78, 5) is 0. The molecule has 0 aromatic heterocycles. The van der Waals surface area contributed by atoms with Crippen molar-refractivity contribution in [1.29, 1.82) is 0 Å². The van der Waals surface area contributed by atoms with Crippen LogP contribution in [0.2, 0.25) is 0 Å². The van der Waals surface area contributed by atoms with Crippen molar-refractivity contribution in [2.45, 2.75) is 45.1 Å². The van der Waals surface area contributed by atoms with Crippen LogP contribution in [0, 0.1) is 35.0 Å². The van der Waals surface area contributed by atoms with Crippen molar-refractivity contribution in [2.75, 3.05) is 0 Å². The fraction of sp³-hybridized carbons (Fsp3) is 0.308. The molecule has 0 unspecified atom stereocenters. The van der Waals surface area contributed by atoms with E-state index in [9.17, 15) is 22.0 Å². The van der Waals surface area contributed by atoms with Crippen molar-refractivity contribution < 1.29 is 26.7 Å². The largest absolute Gasteiger partial charge is 0.483 e. The van der Waals surface area contributed by atoms with Gasteiger partial charge in [-0.25, -0.2) is 22.0 Å². The van der Waals surface area contributed by atoms with Gasteiger partial charge in [-0.3, -0.25) is 0 Å². The molecule has 32 heavy (non-hydrogen) atoms. The average molecular weight is 446 g/mol. The second-order valence-corrected chi connectivity index (χ2v) is 8.51. The van der Waals surface area contributed by atoms with Gasteiger partial charge in [0.1, 0.15) is 6.61 Å². The molecule has 0 bridgehead atoms. The molecular formula is C26H23F5O. The van der Waals surface area contributed by atoms with E-state index in [0.29, 0.717) is 17.0 Å². The Morgan fingerprint density at radius 1 is 0.719 bits per heavy atom. The van der Waals surface area contributed by atoms with Gasteiger partial charge in [-0.05, 0) is 71.2 Å². The summed E-state index contributed by atoms with van der Waals surface area (Å²) in [6.45, 7) is 1.75. The van der Waals surface area contributed by atoms with Gasteiger partial charge < -0.3 is 4.74 Å². The maximum absolute atomic E-state index is 14.6. The van der Waals surface area contributed by atoms with Crippen LogP contribution < -0.4 is 4.74 Å². The second kappa shape index (κ2) is 9.31. The Kier molecular flexibility index (Phi) is 6.49. The Morgan fingerprint density at radius 3 is 1.84 bits per heavy atom. The highest BCUT2D eigenvalue weighted by atomic mass is 19.2. The molecule has 6 heteroatoms. The third-order valence-corrected chi connectivity index (χ3v) is 6.16. The smallest absolute Gasteiger partial charge is 0.194 e. The van der Waals surface area contributed by atoms with Crippen LogP contribution in [0.4, 0.5) is 22.0 Å². The van der Waals surface area contributed by atoms with E-state index in [1.165, 1.54) is 18.4 Å². The van der Waals surface area contributed by atoms with E-state index in [2.05, 4.69) is 6.92 Å². The molecule has 1 aliphatic carbocycles. The molecule has 1 saturated carbocycles. The van der Waals surface area contributed by atoms with E-state index in [0.717, 1.165) is 43.0 Å². The lowest BCUT2D eigenvalue weighted by Crippen LogP contribution is -2.10. The molecule has 0 N–H and O–H groups in total. The first-order chi connectivity index (χ1) is 15.3. The van der Waals surface area contributed by atoms with Crippen molar-refractivity contribution >= 4 is 0 Å². The summed E-state index contributed by atoms with van der Waals surface area (Å²) >= 11 is 0. The van der Waals surface area contributed by atoms with Gasteiger partial charge in [-0.15, -0.1) is 0 Å². The fourth-order valence-electron chi connectivity index (χ4n) is 4.25. The second-order valence-electron chi connectivity index (χ2n) is 8.51. The van der Waals surface area contributed by atoms with E-state index >= 15 is 0 Å². The average Bonchev–Trinajstić information content (AvgIpc) is 2.77. The third-order valence-electron chi connectivity index (χ3n) is 6.16. The van der Waals surface area contributed by atoms with E-state index in [-0.39, 0.29) is 5.56 Å². The first-order valence-electron chi connectivity index (χ1n) is 10.7. The molecule has 3 aromatic carbocycles. The van der Waals surface area contributed by atoms with Crippen LogP contribution in [-0.2, 0) is 6.61 Å². The van der Waals surface area contributed by atoms with E-state index < -0.39 is 41.4 Å². The highest BCUT2D eigenvalue weighted by Crippen LogP contribution is 2.36. The number of ether oxygens (including phenoxy) is 1. The summed E-state index contributed by atoms with van der Waals surface area (Å²) in [5.74, 6) is -5.66. The quantitative estimate of drug-likeness (QED) is 0.286. The molecule has 168 valence electrons. The topological polar surface area (TPSA) is 9.23 Å². The zero-order valence-electron chi connectivity index (χ0n) is 17.6. The first kappa shape index (κ1) is 22.3. The molecule has 0 heterocycles. The zero-order valence-corrected chi connectivity index (χ0v) is 17.6. The van der Waals surface area contributed by atoms with Crippen molar-refractivity contribution in [2.24, 2.45) is 5.92 Å². The molecule has 0 radical (unpaired) electrons. The summed E-state index contributed by atoms with van der Waals surface area (Å²) in [6, 6.07) is 11.5. The predicted molar refractivity (Wildman–Crippen MR) is 113 cm³/mol. The zero-order chi connectivity index (χ0) is 22.8. The Morgan fingerprint density at radius 2 is 1.28 bits per heavy atom. The highest BCUT2D eigenvalue weighted by molar-refractivity contribution is 5.65. The van der Waals surface area contributed by atoms with Gasteiger partial charge in [0.2, 0.25) is 0 Å². The van der Waals surface area contributed by atoms with Gasteiger partial charge in [-0.1, -0.05) is 44.0 Å². The van der Waals surface area contributed by atoms with E-state index in [4.69, 9.17) is 4.74 Å². The van der Waals surface area contributed by atoms with E-state index in [1.807, 2.05) is 24.3 Å². The van der Waals surface area contributed by atoms with Crippen LogP contribution in [0.1, 0.15) is 49.7 Å². The van der Waals surface area contributed by atoms with E-state index in [1.54, 1.807) is 0 Å². The molecule has 0 atom stereocenters. The van der Waals surface area contributed by atoms with Crippen LogP contribution in [0.25, 0.3) is 11.1 Å². The normalized spacial score (nSPS) is 18.6. The molecule has 1 aliphatic rings. The first-order valence-corrected chi connectivity index (χ1v) is 10.7. The van der Waals surface area contributed by atoms with Gasteiger partial charge >= 0.3 is 0 Å². The molecule has 4 rings (SSSR count). The Hall–Kier alpha value is -2.89. The molecule has 1 fully saturated rings. The highest BCUT2D eigenvalue weighted by Gasteiger charge is 2.20. The third kappa shape index (κ3) is 4.79. The summed E-state index contributed by atoms with van der Waals surface area (Å²) in [5.41, 5.74) is 2.18. The van der Waals surface area contributed by atoms with Crippen molar-refractivity contribution in [3.63, 3.8) is 0 Å². The minimum absolute atomic E-state index is 0.0861. The van der Waals surface area contributed by atoms with Crippen LogP contribution in [0.5, 0.6) is 5.75 Å². The predicted octanol–water partition coefficient (Wildman–Crippen LogP) is 7.92. The lowest BCUT2D eigenvalue weighted by Gasteiger charge is -2.26. The fourth-order valence-corrected chi connectivity index (χ4v) is 4.25. The summed E-state index contributed by atoms with van der Waals surface area (Å²) in [7, 11) is 0. The number of rotatable bonds is 5. The van der Waals surface area contributed by atoms with Gasteiger partial charge in [0.05, 0.1) is 0 Å². The lowest BCUT2D eigenvalue weighted by molar-refractivity contribution is 0.272. The molecule has 0 aliphatic heterocycles. The van der Waals surface area contributed by atoms with Crippen LogP contribution >= 0.6 is 0 Å². The maximum Gasteiger partial charge on any atom is 0.194 e. The summed E-state index contributed by atoms with van der Waals surface area (Å²) < 4.78 is 73.9. The minimum Gasteiger partial charge on any atom is -0.483 e. The summed E-state index contributed by atoms with van der Waals surface area (Å²) in [5, 5.41) is 0. The maximum atomic E-state index is 14.6. The Labute approximate surface area is 183 Å². The Bertz CT molecular complexity index is 1060. The molecule has 0 spiro atoms. The Balaban J connectivity index is 1.49. The summed E-state index contributed by atoms with van der Waals surface area (Å²) in [6.07, 6.45) is 4.72. The number of hydrogen-bond donors (Lipinski definition) is 0. The monoisotopic (exact) mass is 446 g/mol. The standard InChI is InChI=1S/C26H23F5O/c1-15-2-4-17(5-3-15)18-6-8-19(9-7-18)20-12-23(29)26(24(30)13-20)32-14-16-10-21(27)25(31)22(28)11-16/h6-13,15,17H,2-5,14H2,1H3. The SMILES string of the molecule is CC1CCC(c2ccc(-c3cc(F)c(OCc4cc(F)c(F)c(F)c4)c(F)c3)cc2)CC1. The minimum atomic E-state index is -1.61. The molecule has 0 saturated heterocycles. The lowest BCUT2D eigenvalue weighted by atomic mass is 9.79. The van der Waals surface area contributed by atoms with Crippen molar-refractivity contribution in [1.82, 2.24) is 0 Å². The number of halogens is 5. The van der Waals surface area contributed by atoms with Gasteiger partial charge in [0.25, 0.3) is 0 Å². The van der Waals surface area contributed by atoms with Crippen molar-refractivity contribution in [3.8, 4) is 16.9 Å². The van der Waals surface area contributed by atoms with Crippen LogP contribution in [0.3, 0.4) is 0 Å². The number of hydrogen-bond acceptors (Lipinski definition) is 1. The van der Waals surface area contributed by atoms with Gasteiger partial charge in [0, 0.05) is 0 Å². The van der Waals surface area contributed by atoms with Crippen LogP contribution in [0.15, 0.2) is 48.5 Å². The number of benzene rings is 3. The molecule has 0 amide bonds. The van der Waals surface area contributed by atoms with Crippen molar-refractivity contribution in [3.05, 3.63) is 88.7 Å². The van der Waals surface area contributed by atoms with Gasteiger partial charge in [-0.2, -0.15) is 0 Å². The molecular weight excluding hydrogens is 423 g/mol. The van der Waals surface area contributed by atoms with Gasteiger partial charge in [0.15, 0.2) is 34.8 Å². The van der Waals surface area contributed by atoms with Crippen LogP contribution in [-0.4, -0.2) is 0 Å². The molecule has 3 aromatic rings. The molecule has 1 nitrogen and oxygen atoms in total.